The van der Waals surface area contributed by atoms with Crippen LogP contribution in [0.5, 0.6) is 0 Å². The molecule has 0 aliphatic heterocycles. The van der Waals surface area contributed by atoms with Gasteiger partial charge in [-0.05, 0) is 67.2 Å². The molecule has 0 aromatic heterocycles. The molecule has 0 bridgehead atoms. The van der Waals surface area contributed by atoms with E-state index in [1.807, 2.05) is 65.8 Å². The van der Waals surface area contributed by atoms with Gasteiger partial charge in [0.2, 0.25) is 0 Å². The molecule has 8 heteroatoms. The Morgan fingerprint density at radius 3 is 1.28 bits per heavy atom. The third-order valence-corrected chi connectivity index (χ3v) is 4.72. The first kappa shape index (κ1) is 27.4. The number of nitrogens with one attached hydrogen (secondary N) is 2. The Bertz CT molecular complexity index is 642. The van der Waals surface area contributed by atoms with Crippen LogP contribution in [0.15, 0.2) is 24.3 Å². The lowest BCUT2D eigenvalue weighted by molar-refractivity contribution is -0.112. The van der Waals surface area contributed by atoms with Crippen LogP contribution in [0.4, 0.5) is 9.59 Å². The van der Waals surface area contributed by atoms with Gasteiger partial charge in [0, 0.05) is 23.9 Å². The van der Waals surface area contributed by atoms with E-state index in [0.717, 1.165) is 12.6 Å². The van der Waals surface area contributed by atoms with Crippen molar-refractivity contribution in [2.24, 2.45) is 11.8 Å². The molecule has 0 heterocycles. The molecule has 180 valence electrons. The van der Waals surface area contributed by atoms with Crippen LogP contribution >= 0.6 is 0 Å². The average molecular weight is 451 g/mol. The number of carbonyl (C=O) groups excluding carboxylic acids is 4. The Kier molecular flexibility index (Phi) is 10.6. The summed E-state index contributed by atoms with van der Waals surface area (Å²) >= 11 is 0. The van der Waals surface area contributed by atoms with E-state index in [2.05, 4.69) is 10.6 Å². The maximum absolute atomic E-state index is 11.5. The number of allylic oxidation sites excluding steroid dienone is 2. The van der Waals surface area contributed by atoms with Crippen LogP contribution in [0.3, 0.4) is 0 Å². The fraction of sp³-hybridized carbons (Fsp3) is 0.667. The number of aldehydes is 2. The Morgan fingerprint density at radius 1 is 0.688 bits per heavy atom. The SMILES string of the molecule is CC(C)(C)OC(=O)N[C@@H]1CC=CC[C@@H]1C=O.CC(C)(C)OC(=O)N[C@H]1CC=CC[C@H]1C=O. The summed E-state index contributed by atoms with van der Waals surface area (Å²) in [5.74, 6) is -0.282. The lowest BCUT2D eigenvalue weighted by atomic mass is 9.90. The van der Waals surface area contributed by atoms with Gasteiger partial charge in [-0.25, -0.2) is 9.59 Å². The van der Waals surface area contributed by atoms with Crippen LogP contribution in [-0.2, 0) is 19.1 Å². The molecule has 2 aliphatic carbocycles. The number of amides is 2. The highest BCUT2D eigenvalue weighted by Gasteiger charge is 2.27. The summed E-state index contributed by atoms with van der Waals surface area (Å²) in [6, 6.07) is -0.283. The summed E-state index contributed by atoms with van der Waals surface area (Å²) in [6.07, 6.45) is 11.5. The van der Waals surface area contributed by atoms with Crippen molar-refractivity contribution in [3.8, 4) is 0 Å². The van der Waals surface area contributed by atoms with Crippen molar-refractivity contribution in [3.05, 3.63) is 24.3 Å². The zero-order valence-corrected chi connectivity index (χ0v) is 20.1. The Morgan fingerprint density at radius 2 is 1.00 bits per heavy atom. The fourth-order valence-corrected chi connectivity index (χ4v) is 3.22. The highest BCUT2D eigenvalue weighted by Crippen LogP contribution is 2.19. The van der Waals surface area contributed by atoms with E-state index in [9.17, 15) is 19.2 Å². The topological polar surface area (TPSA) is 111 Å². The Hall–Kier alpha value is -2.64. The smallest absolute Gasteiger partial charge is 0.407 e. The summed E-state index contributed by atoms with van der Waals surface area (Å²) in [6.45, 7) is 10.9. The number of hydrogen-bond donors (Lipinski definition) is 2. The van der Waals surface area contributed by atoms with Gasteiger partial charge in [0.15, 0.2) is 0 Å². The number of rotatable bonds is 4. The molecule has 0 aromatic rings. The summed E-state index contributed by atoms with van der Waals surface area (Å²) < 4.78 is 10.3. The highest BCUT2D eigenvalue weighted by molar-refractivity contribution is 5.70. The monoisotopic (exact) mass is 450 g/mol. The van der Waals surface area contributed by atoms with Gasteiger partial charge >= 0.3 is 12.2 Å². The predicted molar refractivity (Wildman–Crippen MR) is 122 cm³/mol. The molecule has 8 nitrogen and oxygen atoms in total. The molecule has 2 aliphatic rings. The van der Waals surface area contributed by atoms with Gasteiger partial charge in [-0.3, -0.25) is 0 Å². The first-order valence-electron chi connectivity index (χ1n) is 11.0. The van der Waals surface area contributed by atoms with E-state index in [1.165, 1.54) is 0 Å². The Balaban J connectivity index is 0.000000320. The lowest BCUT2D eigenvalue weighted by Gasteiger charge is -2.27. The van der Waals surface area contributed by atoms with E-state index >= 15 is 0 Å². The molecule has 32 heavy (non-hydrogen) atoms. The maximum atomic E-state index is 11.5. The number of ether oxygens (including phenoxy) is 2. The van der Waals surface area contributed by atoms with Gasteiger partial charge < -0.3 is 29.7 Å². The predicted octanol–water partition coefficient (Wildman–Crippen LogP) is 4.09. The minimum atomic E-state index is -0.509. The second kappa shape index (κ2) is 12.4. The van der Waals surface area contributed by atoms with E-state index < -0.39 is 23.4 Å². The van der Waals surface area contributed by atoms with Crippen molar-refractivity contribution < 1.29 is 28.7 Å². The first-order chi connectivity index (χ1) is 14.8. The van der Waals surface area contributed by atoms with Gasteiger partial charge in [-0.2, -0.15) is 0 Å². The molecular formula is C24H38N2O6. The first-order valence-corrected chi connectivity index (χ1v) is 11.0. The van der Waals surface area contributed by atoms with Crippen LogP contribution < -0.4 is 10.6 Å². The third-order valence-electron chi connectivity index (χ3n) is 4.72. The molecule has 4 atom stereocenters. The minimum Gasteiger partial charge on any atom is -0.444 e. The number of hydrogen-bond acceptors (Lipinski definition) is 6. The van der Waals surface area contributed by atoms with Crippen LogP contribution in [0.25, 0.3) is 0 Å². The molecule has 0 saturated heterocycles. The van der Waals surface area contributed by atoms with E-state index in [0.29, 0.717) is 25.7 Å². The van der Waals surface area contributed by atoms with Gasteiger partial charge in [-0.1, -0.05) is 24.3 Å². The van der Waals surface area contributed by atoms with Crippen LogP contribution in [0.1, 0.15) is 67.2 Å². The second-order valence-electron chi connectivity index (χ2n) is 9.99. The average Bonchev–Trinajstić information content (AvgIpc) is 2.66. The Labute approximate surface area is 191 Å². The van der Waals surface area contributed by atoms with Crippen LogP contribution in [-0.4, -0.2) is 48.0 Å². The van der Waals surface area contributed by atoms with Gasteiger partial charge in [-0.15, -0.1) is 0 Å². The van der Waals surface area contributed by atoms with Crippen molar-refractivity contribution in [1.82, 2.24) is 10.6 Å². The van der Waals surface area contributed by atoms with Crippen LogP contribution in [0.2, 0.25) is 0 Å². The van der Waals surface area contributed by atoms with Gasteiger partial charge in [0.05, 0.1) is 0 Å². The molecule has 2 N–H and O–H groups in total. The zero-order chi connectivity index (χ0) is 24.4. The highest BCUT2D eigenvalue weighted by atomic mass is 16.6. The van der Waals surface area contributed by atoms with Crippen molar-refractivity contribution in [2.75, 3.05) is 0 Å². The fourth-order valence-electron chi connectivity index (χ4n) is 3.22. The molecule has 0 spiro atoms. The van der Waals surface area contributed by atoms with E-state index in [1.54, 1.807) is 0 Å². The van der Waals surface area contributed by atoms with Crippen molar-refractivity contribution in [1.29, 1.82) is 0 Å². The third kappa shape index (κ3) is 11.1. The molecule has 0 radical (unpaired) electrons. The minimum absolute atomic E-state index is 0.141. The van der Waals surface area contributed by atoms with Gasteiger partial charge in [0.1, 0.15) is 23.8 Å². The normalized spacial score (nSPS) is 24.9. The summed E-state index contributed by atoms with van der Waals surface area (Å²) in [7, 11) is 0. The summed E-state index contributed by atoms with van der Waals surface area (Å²) in [5.41, 5.74) is -1.02. The quantitative estimate of drug-likeness (QED) is 0.493. The summed E-state index contributed by atoms with van der Waals surface area (Å²) in [4.78, 5) is 44.7. The largest absolute Gasteiger partial charge is 0.444 e. The standard InChI is InChI=1S/2C12H19NO3/c2*1-12(2,3)16-11(15)13-10-7-5-4-6-9(10)8-14/h2*4-5,8-10H,6-7H2,1-3H3,(H,13,15)/t2*9-,10-/m10/s1. The molecule has 0 unspecified atom stereocenters. The number of carbonyl (C=O) groups is 4. The van der Waals surface area contributed by atoms with Crippen LogP contribution in [0, 0.1) is 11.8 Å². The molecule has 0 aromatic carbocycles. The molecule has 0 fully saturated rings. The summed E-state index contributed by atoms with van der Waals surface area (Å²) in [5, 5.41) is 5.47. The maximum Gasteiger partial charge on any atom is 0.407 e. The van der Waals surface area contributed by atoms with Crippen molar-refractivity contribution in [3.63, 3.8) is 0 Å². The van der Waals surface area contributed by atoms with Crippen molar-refractivity contribution >= 4 is 24.8 Å². The van der Waals surface area contributed by atoms with E-state index in [-0.39, 0.29) is 23.9 Å². The molecule has 2 rings (SSSR count). The van der Waals surface area contributed by atoms with E-state index in [4.69, 9.17) is 9.47 Å². The van der Waals surface area contributed by atoms with Crippen molar-refractivity contribution in [2.45, 2.75) is 90.5 Å². The zero-order valence-electron chi connectivity index (χ0n) is 20.1. The molecular weight excluding hydrogens is 412 g/mol. The van der Waals surface area contributed by atoms with Gasteiger partial charge in [0.25, 0.3) is 0 Å². The molecule has 2 amide bonds. The lowest BCUT2D eigenvalue weighted by Crippen LogP contribution is -2.44. The second-order valence-corrected chi connectivity index (χ2v) is 9.99. The molecule has 0 saturated carbocycles. The number of alkyl carbamates (subject to hydrolysis) is 2.